The van der Waals surface area contributed by atoms with Crippen molar-refractivity contribution in [2.45, 2.75) is 62.1 Å². The summed E-state index contributed by atoms with van der Waals surface area (Å²) in [5.41, 5.74) is -0.173. The van der Waals surface area contributed by atoms with Crippen molar-refractivity contribution in [1.82, 2.24) is 14.8 Å². The van der Waals surface area contributed by atoms with Crippen LogP contribution in [0.4, 0.5) is 0 Å². The predicted molar refractivity (Wildman–Crippen MR) is 67.4 cm³/mol. The average molecular weight is 257 g/mol. The molecule has 0 radical (unpaired) electrons. The summed E-state index contributed by atoms with van der Waals surface area (Å²) < 4.78 is 1.64. The molecule has 1 fully saturated rings. The van der Waals surface area contributed by atoms with Gasteiger partial charge in [-0.15, -0.1) is 5.10 Å². The highest BCUT2D eigenvalue weighted by Crippen LogP contribution is 2.33. The maximum absolute atomic E-state index is 11.6. The van der Waals surface area contributed by atoms with E-state index in [2.05, 4.69) is 10.2 Å². The summed E-state index contributed by atoms with van der Waals surface area (Å²) in [5, 5.41) is 17.3. The minimum atomic E-state index is -0.277. The fraction of sp³-hybridized carbons (Fsp3) is 0.818. The molecule has 1 aromatic rings. The molecule has 0 spiro atoms. The zero-order valence-corrected chi connectivity index (χ0v) is 11.0. The van der Waals surface area contributed by atoms with Crippen molar-refractivity contribution >= 4 is 11.8 Å². The Kier molecular flexibility index (Phi) is 3.93. The number of rotatable bonds is 3. The van der Waals surface area contributed by atoms with Crippen molar-refractivity contribution in [3.8, 4) is 0 Å². The Morgan fingerprint density at radius 1 is 1.47 bits per heavy atom. The lowest BCUT2D eigenvalue weighted by Gasteiger charge is -2.26. The van der Waals surface area contributed by atoms with Gasteiger partial charge in [0.15, 0.2) is 5.16 Å². The lowest BCUT2D eigenvalue weighted by molar-refractivity contribution is 0.136. The van der Waals surface area contributed by atoms with E-state index in [-0.39, 0.29) is 23.1 Å². The highest BCUT2D eigenvalue weighted by atomic mass is 32.2. The summed E-state index contributed by atoms with van der Waals surface area (Å²) in [4.78, 5) is 11.6. The largest absolute Gasteiger partial charge is 0.392 e. The zero-order valence-electron chi connectivity index (χ0n) is 10.2. The molecule has 0 bridgehead atoms. The number of aliphatic hydroxyl groups is 1. The molecule has 1 aliphatic rings. The number of aromatic nitrogens is 3. The van der Waals surface area contributed by atoms with Gasteiger partial charge in [-0.2, -0.15) is 0 Å². The van der Waals surface area contributed by atoms with Crippen LogP contribution in [-0.2, 0) is 0 Å². The minimum Gasteiger partial charge on any atom is -0.392 e. The SMILES string of the molecule is CC(C)n1c(SC2CCCCC2O)n[nH]c1=O. The molecule has 1 aromatic heterocycles. The number of nitrogens with zero attached hydrogens (tertiary/aromatic N) is 2. The van der Waals surface area contributed by atoms with E-state index in [1.54, 1.807) is 4.57 Å². The van der Waals surface area contributed by atoms with Crippen LogP contribution in [-0.4, -0.2) is 31.2 Å². The summed E-state index contributed by atoms with van der Waals surface area (Å²) in [5.74, 6) is 0. The first-order valence-corrected chi connectivity index (χ1v) is 6.99. The topological polar surface area (TPSA) is 70.9 Å². The first-order valence-electron chi connectivity index (χ1n) is 6.11. The fourth-order valence-corrected chi connectivity index (χ4v) is 3.53. The van der Waals surface area contributed by atoms with Gasteiger partial charge in [0, 0.05) is 11.3 Å². The highest BCUT2D eigenvalue weighted by Gasteiger charge is 2.26. The third kappa shape index (κ3) is 2.74. The molecule has 0 amide bonds. The van der Waals surface area contributed by atoms with E-state index >= 15 is 0 Å². The third-order valence-corrected chi connectivity index (χ3v) is 4.46. The molecule has 96 valence electrons. The van der Waals surface area contributed by atoms with E-state index in [9.17, 15) is 9.90 Å². The molecule has 1 heterocycles. The second-order valence-corrected chi connectivity index (χ2v) is 5.99. The molecule has 17 heavy (non-hydrogen) atoms. The van der Waals surface area contributed by atoms with Crippen molar-refractivity contribution in [2.75, 3.05) is 0 Å². The van der Waals surface area contributed by atoms with Gasteiger partial charge in [0.05, 0.1) is 6.10 Å². The Bertz CT molecular complexity index is 427. The maximum atomic E-state index is 11.6. The lowest BCUT2D eigenvalue weighted by Crippen LogP contribution is -2.28. The standard InChI is InChI=1S/C11H19N3O2S/c1-7(2)14-10(16)12-13-11(14)17-9-6-4-3-5-8(9)15/h7-9,15H,3-6H2,1-2H3,(H,12,16). The molecule has 2 unspecified atom stereocenters. The third-order valence-electron chi connectivity index (χ3n) is 3.11. The first-order chi connectivity index (χ1) is 8.09. The Morgan fingerprint density at radius 3 is 2.82 bits per heavy atom. The Labute approximate surface area is 105 Å². The number of H-pyrrole nitrogens is 1. The summed E-state index contributed by atoms with van der Waals surface area (Å²) in [6, 6.07) is 0.0875. The molecule has 0 aromatic carbocycles. The van der Waals surface area contributed by atoms with Gasteiger partial charge in [-0.05, 0) is 26.7 Å². The van der Waals surface area contributed by atoms with Gasteiger partial charge in [0.2, 0.25) is 0 Å². The molecule has 6 heteroatoms. The smallest absolute Gasteiger partial charge is 0.344 e. The second kappa shape index (κ2) is 5.27. The summed E-state index contributed by atoms with van der Waals surface area (Å²) in [6.45, 7) is 3.91. The summed E-state index contributed by atoms with van der Waals surface area (Å²) >= 11 is 1.52. The number of thioether (sulfide) groups is 1. The van der Waals surface area contributed by atoms with Crippen molar-refractivity contribution in [3.05, 3.63) is 10.5 Å². The van der Waals surface area contributed by atoms with Gasteiger partial charge < -0.3 is 5.11 Å². The number of aliphatic hydroxyl groups excluding tert-OH is 1. The quantitative estimate of drug-likeness (QED) is 0.862. The van der Waals surface area contributed by atoms with E-state index in [1.165, 1.54) is 11.8 Å². The van der Waals surface area contributed by atoms with E-state index in [0.29, 0.717) is 5.16 Å². The van der Waals surface area contributed by atoms with Crippen LogP contribution >= 0.6 is 11.8 Å². The Balaban J connectivity index is 2.15. The Morgan fingerprint density at radius 2 is 2.18 bits per heavy atom. The number of nitrogens with one attached hydrogen (secondary N) is 1. The molecular weight excluding hydrogens is 238 g/mol. The van der Waals surface area contributed by atoms with Crippen LogP contribution in [0.25, 0.3) is 0 Å². The molecule has 1 aliphatic carbocycles. The molecule has 5 nitrogen and oxygen atoms in total. The van der Waals surface area contributed by atoms with Crippen LogP contribution < -0.4 is 5.69 Å². The van der Waals surface area contributed by atoms with Gasteiger partial charge in [-0.1, -0.05) is 24.6 Å². The van der Waals surface area contributed by atoms with Crippen LogP contribution in [0.1, 0.15) is 45.6 Å². The van der Waals surface area contributed by atoms with Gasteiger partial charge in [0.25, 0.3) is 0 Å². The molecule has 0 aliphatic heterocycles. The van der Waals surface area contributed by atoms with Gasteiger partial charge >= 0.3 is 5.69 Å². The zero-order chi connectivity index (χ0) is 12.4. The van der Waals surface area contributed by atoms with Crippen LogP contribution in [0.3, 0.4) is 0 Å². The monoisotopic (exact) mass is 257 g/mol. The molecule has 2 N–H and O–H groups in total. The van der Waals surface area contributed by atoms with E-state index in [1.807, 2.05) is 13.8 Å². The van der Waals surface area contributed by atoms with E-state index < -0.39 is 0 Å². The minimum absolute atomic E-state index is 0.0875. The predicted octanol–water partition coefficient (Wildman–Crippen LogP) is 1.55. The normalized spacial score (nSPS) is 25.4. The second-order valence-electron chi connectivity index (χ2n) is 4.78. The molecular formula is C11H19N3O2S. The molecule has 2 atom stereocenters. The summed E-state index contributed by atoms with van der Waals surface area (Å²) in [7, 11) is 0. The van der Waals surface area contributed by atoms with Crippen molar-refractivity contribution in [2.24, 2.45) is 0 Å². The van der Waals surface area contributed by atoms with E-state index in [4.69, 9.17) is 0 Å². The maximum Gasteiger partial charge on any atom is 0.344 e. The van der Waals surface area contributed by atoms with Gasteiger partial charge in [0.1, 0.15) is 0 Å². The van der Waals surface area contributed by atoms with Crippen molar-refractivity contribution in [3.63, 3.8) is 0 Å². The van der Waals surface area contributed by atoms with Crippen molar-refractivity contribution in [1.29, 1.82) is 0 Å². The van der Waals surface area contributed by atoms with Crippen molar-refractivity contribution < 1.29 is 5.11 Å². The van der Waals surface area contributed by atoms with Crippen LogP contribution in [0.15, 0.2) is 9.95 Å². The number of aromatic amines is 1. The van der Waals surface area contributed by atoms with E-state index in [0.717, 1.165) is 25.7 Å². The lowest BCUT2D eigenvalue weighted by atomic mass is 9.97. The Hall–Kier alpha value is -0.750. The van der Waals surface area contributed by atoms with Crippen LogP contribution in [0, 0.1) is 0 Å². The number of hydrogen-bond donors (Lipinski definition) is 2. The molecule has 2 rings (SSSR count). The molecule has 1 saturated carbocycles. The van der Waals surface area contributed by atoms with Crippen LogP contribution in [0.2, 0.25) is 0 Å². The highest BCUT2D eigenvalue weighted by molar-refractivity contribution is 7.99. The molecule has 0 saturated heterocycles. The summed E-state index contributed by atoms with van der Waals surface area (Å²) in [6.07, 6.45) is 3.81. The number of hydrogen-bond acceptors (Lipinski definition) is 4. The van der Waals surface area contributed by atoms with Crippen LogP contribution in [0.5, 0.6) is 0 Å². The van der Waals surface area contributed by atoms with Gasteiger partial charge in [-0.25, -0.2) is 9.89 Å². The average Bonchev–Trinajstić information content (AvgIpc) is 2.63. The first kappa shape index (κ1) is 12.7. The fourth-order valence-electron chi connectivity index (χ4n) is 2.18. The van der Waals surface area contributed by atoms with Gasteiger partial charge in [-0.3, -0.25) is 4.57 Å².